The summed E-state index contributed by atoms with van der Waals surface area (Å²) in [5, 5.41) is 0.254. The largest absolute Gasteiger partial charge is 0.497 e. The van der Waals surface area contributed by atoms with Gasteiger partial charge in [0.05, 0.1) is 7.11 Å². The minimum absolute atomic E-state index is 0.183. The van der Waals surface area contributed by atoms with Crippen molar-refractivity contribution in [2.45, 2.75) is 25.0 Å². The molecule has 0 radical (unpaired) electrons. The van der Waals surface area contributed by atoms with Crippen LogP contribution >= 0.6 is 11.6 Å². The van der Waals surface area contributed by atoms with E-state index < -0.39 is 11.6 Å². The van der Waals surface area contributed by atoms with E-state index in [1.165, 1.54) is 5.56 Å². The fraction of sp³-hybridized carbons (Fsp3) is 0.438. The number of benzene rings is 1. The molecule has 4 nitrogen and oxygen atoms in total. The summed E-state index contributed by atoms with van der Waals surface area (Å²) in [6, 6.07) is 8.18. The van der Waals surface area contributed by atoms with Gasteiger partial charge in [0.15, 0.2) is 0 Å². The number of piperidine rings is 1. The standard InChI is InChI=1S/C16H18ClNO3/c1-16-9-18(2)13(8-12(16)14(17)15(19)21-16)10-4-6-11(20-3)7-5-10/h4-7,13H,8-9H2,1-3H3. The predicted octanol–water partition coefficient (Wildman–Crippen LogP) is 2.88. The van der Waals surface area contributed by atoms with Gasteiger partial charge in [0.1, 0.15) is 16.4 Å². The van der Waals surface area contributed by atoms with E-state index in [9.17, 15) is 4.79 Å². The molecule has 2 unspecified atom stereocenters. The van der Waals surface area contributed by atoms with Gasteiger partial charge >= 0.3 is 5.97 Å². The third kappa shape index (κ3) is 2.32. The number of fused-ring (bicyclic) bond motifs is 1. The van der Waals surface area contributed by atoms with E-state index in [1.54, 1.807) is 7.11 Å². The van der Waals surface area contributed by atoms with Crippen LogP contribution in [0.15, 0.2) is 34.9 Å². The third-order valence-corrected chi connectivity index (χ3v) is 4.76. The molecule has 0 N–H and O–H groups in total. The topological polar surface area (TPSA) is 38.8 Å². The lowest BCUT2D eigenvalue weighted by Crippen LogP contribution is -2.47. The molecule has 21 heavy (non-hydrogen) atoms. The van der Waals surface area contributed by atoms with Crippen molar-refractivity contribution in [3.8, 4) is 5.75 Å². The molecule has 2 aliphatic heterocycles. The van der Waals surface area contributed by atoms with Crippen molar-refractivity contribution in [1.82, 2.24) is 4.90 Å². The Morgan fingerprint density at radius 2 is 2.05 bits per heavy atom. The van der Waals surface area contributed by atoms with Gasteiger partial charge in [-0.05, 0) is 38.1 Å². The van der Waals surface area contributed by atoms with Crippen LogP contribution in [0.5, 0.6) is 5.75 Å². The van der Waals surface area contributed by atoms with E-state index in [0.29, 0.717) is 13.0 Å². The van der Waals surface area contributed by atoms with Crippen LogP contribution in [0.25, 0.3) is 0 Å². The second kappa shape index (κ2) is 5.04. The van der Waals surface area contributed by atoms with Crippen molar-refractivity contribution in [3.05, 3.63) is 40.4 Å². The normalized spacial score (nSPS) is 29.3. The number of ether oxygens (including phenoxy) is 2. The lowest BCUT2D eigenvalue weighted by atomic mass is 9.83. The van der Waals surface area contributed by atoms with Crippen molar-refractivity contribution >= 4 is 17.6 Å². The van der Waals surface area contributed by atoms with Crippen LogP contribution < -0.4 is 4.74 Å². The molecule has 1 saturated heterocycles. The summed E-state index contributed by atoms with van der Waals surface area (Å²) in [7, 11) is 3.69. The molecule has 2 heterocycles. The van der Waals surface area contributed by atoms with Crippen LogP contribution in [-0.4, -0.2) is 37.2 Å². The first-order valence-corrected chi connectivity index (χ1v) is 7.29. The zero-order valence-corrected chi connectivity index (χ0v) is 13.1. The van der Waals surface area contributed by atoms with E-state index in [2.05, 4.69) is 17.0 Å². The number of hydrogen-bond acceptors (Lipinski definition) is 4. The van der Waals surface area contributed by atoms with Crippen LogP contribution in [0.2, 0.25) is 0 Å². The Hall–Kier alpha value is -1.52. The monoisotopic (exact) mass is 307 g/mol. The Morgan fingerprint density at radius 1 is 1.38 bits per heavy atom. The molecule has 0 amide bonds. The number of carbonyl (C=O) groups is 1. The molecule has 0 spiro atoms. The van der Waals surface area contributed by atoms with Crippen molar-refractivity contribution in [1.29, 1.82) is 0 Å². The van der Waals surface area contributed by atoms with E-state index in [-0.39, 0.29) is 11.1 Å². The van der Waals surface area contributed by atoms with Gasteiger partial charge in [0.25, 0.3) is 0 Å². The molecule has 0 bridgehead atoms. The first-order valence-electron chi connectivity index (χ1n) is 6.91. The maximum Gasteiger partial charge on any atom is 0.350 e. The third-order valence-electron chi connectivity index (χ3n) is 4.38. The second-order valence-electron chi connectivity index (χ2n) is 5.82. The Balaban J connectivity index is 1.92. The molecule has 1 aromatic carbocycles. The van der Waals surface area contributed by atoms with Crippen LogP contribution in [0.1, 0.15) is 24.9 Å². The van der Waals surface area contributed by atoms with Gasteiger partial charge in [0, 0.05) is 18.2 Å². The summed E-state index contributed by atoms with van der Waals surface area (Å²) in [5.41, 5.74) is 1.50. The molecule has 0 aromatic heterocycles. The number of likely N-dealkylation sites (N-methyl/N-ethyl adjacent to an activating group) is 1. The van der Waals surface area contributed by atoms with Gasteiger partial charge < -0.3 is 9.47 Å². The van der Waals surface area contributed by atoms with Gasteiger partial charge in [-0.1, -0.05) is 23.7 Å². The van der Waals surface area contributed by atoms with Crippen LogP contribution in [0.3, 0.4) is 0 Å². The minimum atomic E-state index is -0.591. The summed E-state index contributed by atoms with van der Waals surface area (Å²) in [4.78, 5) is 13.9. The maximum atomic E-state index is 11.7. The van der Waals surface area contributed by atoms with E-state index in [0.717, 1.165) is 11.3 Å². The van der Waals surface area contributed by atoms with Crippen LogP contribution in [0, 0.1) is 0 Å². The van der Waals surface area contributed by atoms with Crippen LogP contribution in [0.4, 0.5) is 0 Å². The van der Waals surface area contributed by atoms with Crippen molar-refractivity contribution in [3.63, 3.8) is 0 Å². The average Bonchev–Trinajstić information content (AvgIpc) is 2.67. The number of methoxy groups -OCH3 is 1. The number of hydrogen-bond donors (Lipinski definition) is 0. The summed E-state index contributed by atoms with van der Waals surface area (Å²) in [5.74, 6) is 0.427. The highest BCUT2D eigenvalue weighted by Crippen LogP contribution is 2.46. The number of likely N-dealkylation sites (tertiary alicyclic amines) is 1. The first kappa shape index (κ1) is 14.4. The van der Waals surface area contributed by atoms with Gasteiger partial charge in [-0.3, -0.25) is 4.90 Å². The molecule has 2 aliphatic rings. The fourth-order valence-corrected chi connectivity index (χ4v) is 3.55. The molecule has 1 aromatic rings. The Bertz CT molecular complexity index is 610. The van der Waals surface area contributed by atoms with Crippen LogP contribution in [-0.2, 0) is 9.53 Å². The number of nitrogens with zero attached hydrogens (tertiary/aromatic N) is 1. The smallest absolute Gasteiger partial charge is 0.350 e. The van der Waals surface area contributed by atoms with Gasteiger partial charge in [-0.15, -0.1) is 0 Å². The molecule has 1 fully saturated rings. The van der Waals surface area contributed by atoms with Gasteiger partial charge in [-0.25, -0.2) is 4.79 Å². The van der Waals surface area contributed by atoms with E-state index in [1.807, 2.05) is 26.1 Å². The molecule has 112 valence electrons. The van der Waals surface area contributed by atoms with Crippen molar-refractivity contribution in [2.75, 3.05) is 20.7 Å². The fourth-order valence-electron chi connectivity index (χ4n) is 3.23. The number of halogens is 1. The Morgan fingerprint density at radius 3 is 2.67 bits per heavy atom. The first-order chi connectivity index (χ1) is 9.94. The van der Waals surface area contributed by atoms with Crippen molar-refractivity contribution < 1.29 is 14.3 Å². The second-order valence-corrected chi connectivity index (χ2v) is 6.20. The molecule has 0 saturated carbocycles. The molecule has 3 rings (SSSR count). The lowest BCUT2D eigenvalue weighted by Gasteiger charge is -2.42. The highest BCUT2D eigenvalue weighted by molar-refractivity contribution is 6.42. The number of esters is 1. The van der Waals surface area contributed by atoms with Gasteiger partial charge in [-0.2, -0.15) is 0 Å². The van der Waals surface area contributed by atoms with Crippen molar-refractivity contribution in [2.24, 2.45) is 0 Å². The average molecular weight is 308 g/mol. The lowest BCUT2D eigenvalue weighted by molar-refractivity contribution is -0.147. The number of rotatable bonds is 2. The van der Waals surface area contributed by atoms with E-state index >= 15 is 0 Å². The quantitative estimate of drug-likeness (QED) is 0.788. The molecule has 0 aliphatic carbocycles. The Kier molecular flexibility index (Phi) is 3.46. The van der Waals surface area contributed by atoms with Gasteiger partial charge in [0.2, 0.25) is 0 Å². The minimum Gasteiger partial charge on any atom is -0.497 e. The molecule has 5 heteroatoms. The zero-order chi connectivity index (χ0) is 15.2. The summed E-state index contributed by atoms with van der Waals surface area (Å²) in [6.45, 7) is 2.57. The van der Waals surface area contributed by atoms with E-state index in [4.69, 9.17) is 21.1 Å². The Labute approximate surface area is 129 Å². The maximum absolute atomic E-state index is 11.7. The highest BCUT2D eigenvalue weighted by Gasteiger charge is 2.48. The predicted molar refractivity (Wildman–Crippen MR) is 80.4 cm³/mol. The molecule has 2 atom stereocenters. The molecular formula is C16H18ClNO3. The zero-order valence-electron chi connectivity index (χ0n) is 12.4. The molecular weight excluding hydrogens is 290 g/mol. The highest BCUT2D eigenvalue weighted by atomic mass is 35.5. The summed E-state index contributed by atoms with van der Waals surface area (Å²) < 4.78 is 10.6. The SMILES string of the molecule is COc1ccc(C2CC3=C(Cl)C(=O)OC3(C)CN2C)cc1. The summed E-state index contributed by atoms with van der Waals surface area (Å²) >= 11 is 6.14. The summed E-state index contributed by atoms with van der Waals surface area (Å²) in [6.07, 6.45) is 0.698. The number of carbonyl (C=O) groups excluding carboxylic acids is 1.